The number of halogens is 2. The molecule has 2 aromatic rings. The molecule has 0 heterocycles. The van der Waals surface area contributed by atoms with E-state index in [-0.39, 0.29) is 52.1 Å². The summed E-state index contributed by atoms with van der Waals surface area (Å²) in [4.78, 5) is 38.1. The SMILES string of the molecule is C.C.CNCNc1cc(C)c([N+](=O)[O-])cc1[N+](=O)[O-].NCN.O=[N+]([O-])c1cc([N+](=O)[O-])c(F)cc1F.[2HH]. The van der Waals surface area contributed by atoms with Gasteiger partial charge >= 0.3 is 11.4 Å². The zero-order valence-corrected chi connectivity index (χ0v) is 17.7. The van der Waals surface area contributed by atoms with E-state index in [1.165, 1.54) is 13.0 Å². The van der Waals surface area contributed by atoms with Crippen molar-refractivity contribution >= 4 is 28.4 Å². The summed E-state index contributed by atoms with van der Waals surface area (Å²) in [5.74, 6) is -2.89. The van der Waals surface area contributed by atoms with E-state index >= 15 is 0 Å². The van der Waals surface area contributed by atoms with Gasteiger partial charge in [0.25, 0.3) is 11.4 Å². The molecule has 0 saturated heterocycles. The largest absolute Gasteiger partial charge is 0.367 e. The van der Waals surface area contributed by atoms with Gasteiger partial charge in [-0.15, -0.1) is 0 Å². The monoisotopic (exact) mass is 525 g/mol. The fraction of sp³-hybridized carbons (Fsp3) is 0.333. The first-order chi connectivity index (χ1) is 15.8. The zero-order valence-electron chi connectivity index (χ0n) is 17.7. The Morgan fingerprint density at radius 2 is 1.14 bits per heavy atom. The van der Waals surface area contributed by atoms with Crippen LogP contribution >= 0.6 is 0 Å². The van der Waals surface area contributed by atoms with Gasteiger partial charge in [-0.3, -0.25) is 40.5 Å². The molecule has 204 valence electrons. The maximum absolute atomic E-state index is 12.6. The maximum atomic E-state index is 12.6. The van der Waals surface area contributed by atoms with Gasteiger partial charge in [-0.1, -0.05) is 14.9 Å². The Bertz CT molecular complexity index is 1040. The van der Waals surface area contributed by atoms with Crippen molar-refractivity contribution in [2.24, 2.45) is 11.5 Å². The number of benzene rings is 2. The van der Waals surface area contributed by atoms with Crippen molar-refractivity contribution in [2.45, 2.75) is 21.8 Å². The number of nitro groups is 4. The lowest BCUT2D eigenvalue weighted by atomic mass is 10.1. The lowest BCUT2D eigenvalue weighted by Gasteiger charge is -2.07. The molecule has 0 fully saturated rings. The maximum Gasteiger partial charge on any atom is 0.311 e. The molecule has 2 rings (SSSR count). The van der Waals surface area contributed by atoms with Crippen LogP contribution < -0.4 is 22.1 Å². The van der Waals surface area contributed by atoms with Crippen molar-refractivity contribution in [3.8, 4) is 0 Å². The van der Waals surface area contributed by atoms with Crippen molar-refractivity contribution in [1.29, 1.82) is 0 Å². The van der Waals surface area contributed by atoms with Gasteiger partial charge in [0.15, 0.2) is 0 Å². The second kappa shape index (κ2) is 17.1. The Morgan fingerprint density at radius 3 is 1.47 bits per heavy atom. The van der Waals surface area contributed by atoms with Crippen LogP contribution in [0, 0.1) is 59.0 Å². The molecule has 6 N–H and O–H groups in total. The Kier molecular flexibility index (Phi) is 17.2. The third-order valence-corrected chi connectivity index (χ3v) is 3.57. The number of nitrogens with zero attached hydrogens (tertiary/aromatic N) is 4. The van der Waals surface area contributed by atoms with E-state index in [0.717, 1.165) is 6.07 Å². The van der Waals surface area contributed by atoms with Crippen LogP contribution in [0.5, 0.6) is 0 Å². The molecule has 0 bridgehead atoms. The molecule has 2 aromatic carbocycles. The molecule has 0 aromatic heterocycles. The number of aryl methyl sites for hydroxylation is 1. The van der Waals surface area contributed by atoms with Gasteiger partial charge in [0, 0.05) is 19.7 Å². The standard InChI is InChI=1S/C9H12N4O4.C6H2F2N2O4.CH6N2.2CH4.H2/c1-6-3-7(11-5-10-2)9(13(16)17)4-8(6)12(14)15;7-3-1-4(8)6(10(13)14)2-5(3)9(11)12;2-1-3;;;/h3-4,10-11H,5H2,1-2H3;1-2H;1-3H2;2*1H4;1H/i;;;;;1+1. The lowest BCUT2D eigenvalue weighted by molar-refractivity contribution is -0.397. The van der Waals surface area contributed by atoms with Gasteiger partial charge in [0.2, 0.25) is 11.6 Å². The fourth-order valence-corrected chi connectivity index (χ4v) is 2.16. The molecule has 0 aliphatic rings. The molecule has 0 unspecified atom stereocenters. The molecule has 0 spiro atoms. The topological polar surface area (TPSA) is 249 Å². The van der Waals surface area contributed by atoms with E-state index < -0.39 is 42.7 Å². The van der Waals surface area contributed by atoms with Crippen LogP contribution in [0.15, 0.2) is 24.3 Å². The van der Waals surface area contributed by atoms with Crippen LogP contribution in [0.2, 0.25) is 0 Å². The van der Waals surface area contributed by atoms with Gasteiger partial charge in [-0.2, -0.15) is 8.78 Å². The zero-order chi connectivity index (χ0) is 26.6. The Hall–Kier alpha value is -4.42. The van der Waals surface area contributed by atoms with Gasteiger partial charge in [-0.05, 0) is 20.0 Å². The predicted octanol–water partition coefficient (Wildman–Crippen LogP) is 3.56. The minimum Gasteiger partial charge on any atom is -0.367 e. The molecular formula is C18H30F2N8O8. The second-order valence-corrected chi connectivity index (χ2v) is 5.88. The summed E-state index contributed by atoms with van der Waals surface area (Å²) in [5.41, 5.74) is 7.06. The summed E-state index contributed by atoms with van der Waals surface area (Å²) in [6.45, 7) is 2.12. The van der Waals surface area contributed by atoms with E-state index in [9.17, 15) is 49.2 Å². The fourth-order valence-electron chi connectivity index (χ4n) is 2.16. The van der Waals surface area contributed by atoms with Gasteiger partial charge in [0.05, 0.1) is 32.4 Å². The van der Waals surface area contributed by atoms with E-state index in [2.05, 4.69) is 22.1 Å². The Labute approximate surface area is 205 Å². The van der Waals surface area contributed by atoms with Crippen molar-refractivity contribution in [3.05, 3.63) is 81.9 Å². The highest BCUT2D eigenvalue weighted by molar-refractivity contribution is 5.67. The molecule has 0 radical (unpaired) electrons. The number of hydrogen-bond donors (Lipinski definition) is 4. The summed E-state index contributed by atoms with van der Waals surface area (Å²) in [6, 6.07) is 2.71. The quantitative estimate of drug-likeness (QED) is 0.230. The third-order valence-electron chi connectivity index (χ3n) is 3.57. The highest BCUT2D eigenvalue weighted by Crippen LogP contribution is 2.32. The molecule has 36 heavy (non-hydrogen) atoms. The average Bonchev–Trinajstić information content (AvgIpc) is 2.72. The first kappa shape index (κ1) is 36.2. The summed E-state index contributed by atoms with van der Waals surface area (Å²) in [5, 5.41) is 47.3. The van der Waals surface area contributed by atoms with Crippen LogP contribution in [-0.4, -0.2) is 40.1 Å². The number of anilines is 1. The Morgan fingerprint density at radius 1 is 0.778 bits per heavy atom. The van der Waals surface area contributed by atoms with E-state index in [0.29, 0.717) is 12.2 Å². The van der Waals surface area contributed by atoms with Crippen LogP contribution in [0.1, 0.15) is 21.8 Å². The van der Waals surface area contributed by atoms with Crippen molar-refractivity contribution < 1.29 is 29.9 Å². The molecule has 0 aliphatic heterocycles. The van der Waals surface area contributed by atoms with Crippen LogP contribution in [0.4, 0.5) is 37.2 Å². The first-order valence-electron chi connectivity index (χ1n) is 8.82. The molecule has 0 atom stereocenters. The Balaban J connectivity index is -0.000000250. The summed E-state index contributed by atoms with van der Waals surface area (Å²) in [6.07, 6.45) is 0. The van der Waals surface area contributed by atoms with Gasteiger partial charge in [0.1, 0.15) is 11.8 Å². The third kappa shape index (κ3) is 10.7. The normalized spacial score (nSPS) is 9.06. The molecule has 0 aliphatic carbocycles. The highest BCUT2D eigenvalue weighted by atomic mass is 19.1. The molecule has 16 nitrogen and oxygen atoms in total. The second-order valence-electron chi connectivity index (χ2n) is 5.88. The predicted molar refractivity (Wildman–Crippen MR) is 131 cm³/mol. The van der Waals surface area contributed by atoms with Crippen LogP contribution in [0.25, 0.3) is 0 Å². The number of nitro benzene ring substituents is 4. The van der Waals surface area contributed by atoms with Gasteiger partial charge < -0.3 is 22.1 Å². The van der Waals surface area contributed by atoms with Crippen molar-refractivity contribution in [3.63, 3.8) is 0 Å². The van der Waals surface area contributed by atoms with Crippen molar-refractivity contribution in [1.82, 2.24) is 5.32 Å². The molecule has 18 heteroatoms. The lowest BCUT2D eigenvalue weighted by Crippen LogP contribution is -2.17. The summed E-state index contributed by atoms with van der Waals surface area (Å²) in [7, 11) is 1.68. The van der Waals surface area contributed by atoms with E-state index in [1.54, 1.807) is 7.05 Å². The van der Waals surface area contributed by atoms with Crippen LogP contribution in [-0.2, 0) is 0 Å². The van der Waals surface area contributed by atoms with Gasteiger partial charge in [-0.25, -0.2) is 0 Å². The van der Waals surface area contributed by atoms with Crippen molar-refractivity contribution in [2.75, 3.05) is 25.7 Å². The first-order valence-corrected chi connectivity index (χ1v) is 8.82. The smallest absolute Gasteiger partial charge is 0.311 e. The van der Waals surface area contributed by atoms with Crippen LogP contribution in [0.3, 0.4) is 0 Å². The number of rotatable bonds is 7. The number of nitrogens with two attached hydrogens (primary N) is 2. The van der Waals surface area contributed by atoms with E-state index in [1.807, 2.05) is 0 Å². The molecule has 0 amide bonds. The number of hydrogen-bond acceptors (Lipinski definition) is 12. The highest BCUT2D eigenvalue weighted by Gasteiger charge is 2.25. The minimum atomic E-state index is -1.45. The number of nitrogens with one attached hydrogen (secondary N) is 2. The average molecular weight is 525 g/mol. The minimum absolute atomic E-state index is 0. The summed E-state index contributed by atoms with van der Waals surface area (Å²) < 4.78 is 25.3. The molecular weight excluding hydrogens is 494 g/mol. The molecule has 0 saturated carbocycles. The van der Waals surface area contributed by atoms with E-state index in [4.69, 9.17) is 0 Å². The summed E-state index contributed by atoms with van der Waals surface area (Å²) >= 11 is 0.